The smallest absolute Gasteiger partial charge is 0.297 e. The van der Waals surface area contributed by atoms with Crippen LogP contribution in [0.5, 0.6) is 0 Å². The average Bonchev–Trinajstić information content (AvgIpc) is 3.34. The summed E-state index contributed by atoms with van der Waals surface area (Å²) in [6.07, 6.45) is 1.02. The van der Waals surface area contributed by atoms with Crippen molar-refractivity contribution in [1.29, 1.82) is 0 Å². The van der Waals surface area contributed by atoms with Crippen molar-refractivity contribution in [2.24, 2.45) is 0 Å². The van der Waals surface area contributed by atoms with Gasteiger partial charge in [-0.2, -0.15) is 4.39 Å². The Labute approximate surface area is 176 Å². The summed E-state index contributed by atoms with van der Waals surface area (Å²) < 4.78 is 28.6. The number of rotatable bonds is 5. The van der Waals surface area contributed by atoms with Crippen LogP contribution in [0.25, 0.3) is 10.2 Å². The SMILES string of the molecule is Cc1nc2cc(C)c(NNNC(=O)/C(F)=C3/CCC(c4ccc(F)cc4)N3)cc2s1. The number of anilines is 1. The highest BCUT2D eigenvalue weighted by Crippen LogP contribution is 2.30. The number of hydrazine groups is 2. The first-order valence-corrected chi connectivity index (χ1v) is 10.3. The molecule has 1 saturated heterocycles. The van der Waals surface area contributed by atoms with E-state index in [4.69, 9.17) is 0 Å². The molecule has 0 radical (unpaired) electrons. The molecule has 1 unspecified atom stereocenters. The lowest BCUT2D eigenvalue weighted by atomic mass is 10.1. The standard InChI is InChI=1S/C21H21F2N5OS/c1-11-9-18-19(30-12(2)24-18)10-17(11)26-28-27-21(29)20(23)16-8-7-15(25-16)13-3-5-14(22)6-4-13/h3-6,9-10,15,25-26,28H,7-8H2,1-2H3,(H,27,29)/b20-16+. The molecule has 9 heteroatoms. The fraction of sp³-hybridized carbons (Fsp3) is 0.238. The number of benzene rings is 2. The van der Waals surface area contributed by atoms with Crippen LogP contribution in [0.15, 0.2) is 47.9 Å². The van der Waals surface area contributed by atoms with Crippen molar-refractivity contribution < 1.29 is 13.6 Å². The lowest BCUT2D eigenvalue weighted by Crippen LogP contribution is -2.42. The van der Waals surface area contributed by atoms with Gasteiger partial charge in [0, 0.05) is 0 Å². The number of amides is 1. The summed E-state index contributed by atoms with van der Waals surface area (Å²) in [5, 5.41) is 3.99. The number of halogens is 2. The molecule has 2 heterocycles. The van der Waals surface area contributed by atoms with Gasteiger partial charge in [-0.3, -0.25) is 10.2 Å². The molecule has 30 heavy (non-hydrogen) atoms. The van der Waals surface area contributed by atoms with Crippen molar-refractivity contribution >= 4 is 33.1 Å². The van der Waals surface area contributed by atoms with Crippen molar-refractivity contribution in [3.05, 3.63) is 69.9 Å². The molecule has 1 atom stereocenters. The van der Waals surface area contributed by atoms with Crippen molar-refractivity contribution in [3.63, 3.8) is 0 Å². The van der Waals surface area contributed by atoms with Crippen LogP contribution in [0.4, 0.5) is 14.5 Å². The van der Waals surface area contributed by atoms with E-state index >= 15 is 0 Å². The third-order valence-electron chi connectivity index (χ3n) is 4.98. The van der Waals surface area contributed by atoms with Gasteiger partial charge in [-0.1, -0.05) is 12.1 Å². The molecule has 1 amide bonds. The molecule has 6 nitrogen and oxygen atoms in total. The Kier molecular flexibility index (Phi) is 5.65. The molecule has 0 bridgehead atoms. The summed E-state index contributed by atoms with van der Waals surface area (Å²) in [7, 11) is 0. The van der Waals surface area contributed by atoms with E-state index in [1.807, 2.05) is 26.0 Å². The van der Waals surface area contributed by atoms with Crippen LogP contribution >= 0.6 is 11.3 Å². The third kappa shape index (κ3) is 4.27. The van der Waals surface area contributed by atoms with Crippen molar-refractivity contribution in [2.75, 3.05) is 5.43 Å². The second kappa shape index (κ2) is 8.37. The zero-order chi connectivity index (χ0) is 21.3. The third-order valence-corrected chi connectivity index (χ3v) is 5.92. The average molecular weight is 429 g/mol. The van der Waals surface area contributed by atoms with Crippen LogP contribution in [-0.4, -0.2) is 10.9 Å². The Bertz CT molecular complexity index is 1130. The fourth-order valence-corrected chi connectivity index (χ4v) is 4.29. The molecule has 1 aliphatic rings. The number of fused-ring (bicyclic) bond motifs is 1. The maximum atomic E-state index is 14.5. The van der Waals surface area contributed by atoms with Gasteiger partial charge < -0.3 is 10.7 Å². The van der Waals surface area contributed by atoms with E-state index in [1.54, 1.807) is 23.5 Å². The Morgan fingerprint density at radius 2 is 2.00 bits per heavy atom. The number of carbonyl (C=O) groups is 1. The first-order chi connectivity index (χ1) is 14.4. The lowest BCUT2D eigenvalue weighted by Gasteiger charge is -2.13. The number of carbonyl (C=O) groups excluding carboxylic acids is 1. The number of aryl methyl sites for hydroxylation is 2. The van der Waals surface area contributed by atoms with Gasteiger partial charge in [0.1, 0.15) is 5.82 Å². The monoisotopic (exact) mass is 429 g/mol. The minimum atomic E-state index is -0.878. The molecule has 1 aliphatic heterocycles. The molecule has 1 fully saturated rings. The van der Waals surface area contributed by atoms with Crippen LogP contribution in [0.2, 0.25) is 0 Å². The largest absolute Gasteiger partial charge is 0.379 e. The molecule has 2 aromatic carbocycles. The van der Waals surface area contributed by atoms with Crippen LogP contribution in [0.1, 0.15) is 35.0 Å². The summed E-state index contributed by atoms with van der Waals surface area (Å²) in [6, 6.07) is 9.77. The van der Waals surface area contributed by atoms with E-state index in [2.05, 4.69) is 26.7 Å². The minimum Gasteiger partial charge on any atom is -0.379 e. The van der Waals surface area contributed by atoms with Gasteiger partial charge in [-0.05, 0) is 62.1 Å². The van der Waals surface area contributed by atoms with Crippen molar-refractivity contribution in [2.45, 2.75) is 32.7 Å². The summed E-state index contributed by atoms with van der Waals surface area (Å²) in [5.41, 5.74) is 11.5. The summed E-state index contributed by atoms with van der Waals surface area (Å²) >= 11 is 1.57. The van der Waals surface area contributed by atoms with E-state index in [0.29, 0.717) is 12.8 Å². The second-order valence-electron chi connectivity index (χ2n) is 7.15. The van der Waals surface area contributed by atoms with E-state index in [1.165, 1.54) is 12.1 Å². The maximum absolute atomic E-state index is 14.5. The van der Waals surface area contributed by atoms with Crippen molar-refractivity contribution in [3.8, 4) is 0 Å². The minimum absolute atomic E-state index is 0.150. The zero-order valence-electron chi connectivity index (χ0n) is 16.5. The molecule has 4 N–H and O–H groups in total. The highest BCUT2D eigenvalue weighted by atomic mass is 32.1. The number of allylic oxidation sites excluding steroid dienone is 1. The molecule has 0 spiro atoms. The zero-order valence-corrected chi connectivity index (χ0v) is 17.3. The number of nitrogens with zero attached hydrogens (tertiary/aromatic N) is 1. The van der Waals surface area contributed by atoms with Crippen LogP contribution in [-0.2, 0) is 4.79 Å². The first-order valence-electron chi connectivity index (χ1n) is 9.50. The summed E-state index contributed by atoms with van der Waals surface area (Å²) in [6.45, 7) is 3.86. The van der Waals surface area contributed by atoms with Gasteiger partial charge in [-0.25, -0.2) is 9.37 Å². The molecule has 3 aromatic rings. The van der Waals surface area contributed by atoms with E-state index < -0.39 is 11.7 Å². The maximum Gasteiger partial charge on any atom is 0.297 e. The number of aromatic nitrogens is 1. The van der Waals surface area contributed by atoms with Crippen LogP contribution in [0, 0.1) is 19.7 Å². The van der Waals surface area contributed by atoms with E-state index in [9.17, 15) is 13.6 Å². The topological polar surface area (TPSA) is 78.1 Å². The predicted octanol–water partition coefficient (Wildman–Crippen LogP) is 4.31. The predicted molar refractivity (Wildman–Crippen MR) is 114 cm³/mol. The Morgan fingerprint density at radius 1 is 1.23 bits per heavy atom. The molecule has 1 aromatic heterocycles. The van der Waals surface area contributed by atoms with E-state index in [0.717, 1.165) is 32.0 Å². The summed E-state index contributed by atoms with van der Waals surface area (Å²) in [5.74, 6) is -2.08. The number of nitrogens with one attached hydrogen (secondary N) is 4. The van der Waals surface area contributed by atoms with Gasteiger partial charge in [0.15, 0.2) is 0 Å². The molecule has 0 aliphatic carbocycles. The van der Waals surface area contributed by atoms with Gasteiger partial charge in [-0.15, -0.1) is 16.9 Å². The quantitative estimate of drug-likeness (QED) is 0.359. The van der Waals surface area contributed by atoms with Gasteiger partial charge >= 0.3 is 0 Å². The van der Waals surface area contributed by atoms with Crippen LogP contribution in [0.3, 0.4) is 0 Å². The van der Waals surface area contributed by atoms with E-state index in [-0.39, 0.29) is 17.6 Å². The van der Waals surface area contributed by atoms with Crippen molar-refractivity contribution in [1.82, 2.24) is 21.3 Å². The number of hydrogen-bond donors (Lipinski definition) is 4. The fourth-order valence-electron chi connectivity index (χ4n) is 3.44. The summed E-state index contributed by atoms with van der Waals surface area (Å²) in [4.78, 5) is 16.6. The number of hydrogen-bond acceptors (Lipinski definition) is 6. The molecular formula is C21H21F2N5OS. The number of thiazole rings is 1. The van der Waals surface area contributed by atoms with Crippen LogP contribution < -0.4 is 21.7 Å². The highest BCUT2D eigenvalue weighted by molar-refractivity contribution is 7.18. The second-order valence-corrected chi connectivity index (χ2v) is 8.39. The molecular weight excluding hydrogens is 408 g/mol. The Hall–Kier alpha value is -3.04. The normalized spacial score (nSPS) is 17.7. The van der Waals surface area contributed by atoms with Gasteiger partial charge in [0.2, 0.25) is 5.83 Å². The Balaban J connectivity index is 1.36. The van der Waals surface area contributed by atoms with Gasteiger partial charge in [0.25, 0.3) is 5.91 Å². The molecule has 4 rings (SSSR count). The molecule has 156 valence electrons. The Morgan fingerprint density at radius 3 is 2.77 bits per heavy atom. The first kappa shape index (κ1) is 20.2. The molecule has 0 saturated carbocycles. The van der Waals surface area contributed by atoms with Gasteiger partial charge in [0.05, 0.1) is 32.7 Å². The highest BCUT2D eigenvalue weighted by Gasteiger charge is 2.25. The lowest BCUT2D eigenvalue weighted by molar-refractivity contribution is -0.119.